The number of ether oxygens (including phenoxy) is 3. The topological polar surface area (TPSA) is 127 Å². The highest BCUT2D eigenvalue weighted by Crippen LogP contribution is 2.48. The van der Waals surface area contributed by atoms with Gasteiger partial charge in [0.1, 0.15) is 11.4 Å². The molecule has 8 rings (SSSR count). The van der Waals surface area contributed by atoms with Gasteiger partial charge in [-0.2, -0.15) is 0 Å². The van der Waals surface area contributed by atoms with Crippen LogP contribution in [0.5, 0.6) is 5.75 Å². The SMILES string of the molecule is C1CN(C2CNC2)CCO1.CO[C@]1(C=O)/C=C/C[C@H](C)[C@@H](C)S(=O)(=O)NC(=O)c2ccc3c(c2)N(C[C@@H]2CC[C@H]21)C[C@@]1(CCCc2cc(Cl)ccc21)CO3. The van der Waals surface area contributed by atoms with Gasteiger partial charge in [-0.05, 0) is 105 Å². The lowest BCUT2D eigenvalue weighted by molar-refractivity contribution is -0.135. The Labute approximate surface area is 325 Å². The van der Waals surface area contributed by atoms with E-state index < -0.39 is 26.8 Å². The van der Waals surface area contributed by atoms with Crippen molar-refractivity contribution in [3.05, 3.63) is 70.3 Å². The van der Waals surface area contributed by atoms with Gasteiger partial charge in [-0.1, -0.05) is 30.7 Å². The van der Waals surface area contributed by atoms with Gasteiger partial charge in [0.2, 0.25) is 10.0 Å². The lowest BCUT2D eigenvalue weighted by Gasteiger charge is -2.48. The van der Waals surface area contributed by atoms with E-state index in [1.54, 1.807) is 32.2 Å². The number of halogens is 1. The van der Waals surface area contributed by atoms with Crippen LogP contribution in [0.2, 0.25) is 5.02 Å². The van der Waals surface area contributed by atoms with Crippen LogP contribution in [-0.4, -0.2) is 109 Å². The normalized spacial score (nSPS) is 33.2. The number of nitrogens with zero attached hydrogens (tertiary/aromatic N) is 2. The fourth-order valence-corrected chi connectivity index (χ4v) is 10.6. The molecule has 54 heavy (non-hydrogen) atoms. The minimum atomic E-state index is -3.97. The summed E-state index contributed by atoms with van der Waals surface area (Å²) < 4.78 is 46.6. The molecule has 1 amide bonds. The zero-order chi connectivity index (χ0) is 38.1. The number of aldehydes is 1. The average Bonchev–Trinajstić information content (AvgIpc) is 3.28. The van der Waals surface area contributed by atoms with E-state index in [4.69, 9.17) is 25.8 Å². The second-order valence-corrected chi connectivity index (χ2v) is 18.6. The van der Waals surface area contributed by atoms with E-state index in [1.807, 2.05) is 25.1 Å². The number of benzene rings is 2. The molecule has 2 aromatic rings. The van der Waals surface area contributed by atoms with Gasteiger partial charge in [-0.25, -0.2) is 13.1 Å². The van der Waals surface area contributed by atoms with Gasteiger partial charge in [0.05, 0.1) is 30.8 Å². The largest absolute Gasteiger partial charge is 0.490 e. The molecule has 2 aliphatic carbocycles. The van der Waals surface area contributed by atoms with Crippen molar-refractivity contribution in [3.8, 4) is 5.75 Å². The van der Waals surface area contributed by atoms with Gasteiger partial charge in [-0.15, -0.1) is 0 Å². The fraction of sp³-hybridized carbons (Fsp3) is 0.610. The van der Waals surface area contributed by atoms with E-state index in [0.29, 0.717) is 36.9 Å². The number of nitrogens with one attached hydrogen (secondary N) is 2. The summed E-state index contributed by atoms with van der Waals surface area (Å²) in [4.78, 5) is 30.9. The smallest absolute Gasteiger partial charge is 0.264 e. The summed E-state index contributed by atoms with van der Waals surface area (Å²) in [5.41, 5.74) is 2.05. The number of carbonyl (C=O) groups excluding carboxylic acids is 2. The van der Waals surface area contributed by atoms with Gasteiger partial charge in [0, 0.05) is 74.3 Å². The van der Waals surface area contributed by atoms with Crippen LogP contribution in [-0.2, 0) is 36.1 Å². The van der Waals surface area contributed by atoms with Crippen LogP contribution in [0.25, 0.3) is 0 Å². The molecule has 0 aromatic heterocycles. The maximum absolute atomic E-state index is 13.4. The minimum Gasteiger partial charge on any atom is -0.490 e. The molecule has 2 saturated heterocycles. The lowest BCUT2D eigenvalue weighted by atomic mass is 9.64. The quantitative estimate of drug-likeness (QED) is 0.333. The highest BCUT2D eigenvalue weighted by molar-refractivity contribution is 7.90. The molecule has 2 bridgehead atoms. The van der Waals surface area contributed by atoms with Crippen LogP contribution in [0.15, 0.2) is 48.6 Å². The molecule has 2 aromatic carbocycles. The zero-order valence-electron chi connectivity index (χ0n) is 31.7. The number of hydrogen-bond acceptors (Lipinski definition) is 10. The minimum absolute atomic E-state index is 0.0434. The van der Waals surface area contributed by atoms with Crippen molar-refractivity contribution in [2.24, 2.45) is 17.8 Å². The zero-order valence-corrected chi connectivity index (χ0v) is 33.3. The Balaban J connectivity index is 0.000000386. The number of morpholine rings is 1. The molecule has 6 aliphatic rings. The van der Waals surface area contributed by atoms with Crippen molar-refractivity contribution < 1.29 is 32.2 Å². The fourth-order valence-electron chi connectivity index (χ4n) is 9.16. The molecule has 0 radical (unpaired) electrons. The number of fused-ring (bicyclic) bond motifs is 4. The number of sulfonamides is 1. The molecule has 294 valence electrons. The molecule has 3 fully saturated rings. The highest BCUT2D eigenvalue weighted by atomic mass is 35.5. The molecule has 0 unspecified atom stereocenters. The number of rotatable bonds is 3. The number of methoxy groups -OCH3 is 1. The van der Waals surface area contributed by atoms with Crippen molar-refractivity contribution >= 4 is 39.5 Å². The molecule has 4 heterocycles. The van der Waals surface area contributed by atoms with Crippen LogP contribution >= 0.6 is 11.6 Å². The van der Waals surface area contributed by atoms with E-state index >= 15 is 0 Å². The van der Waals surface area contributed by atoms with Gasteiger partial charge in [0.25, 0.3) is 5.91 Å². The summed E-state index contributed by atoms with van der Waals surface area (Å²) >= 11 is 6.40. The van der Waals surface area contributed by atoms with Gasteiger partial charge < -0.3 is 24.4 Å². The van der Waals surface area contributed by atoms with Crippen LogP contribution < -0.4 is 19.7 Å². The molecule has 1 spiro atoms. The predicted molar refractivity (Wildman–Crippen MR) is 210 cm³/mol. The Bertz CT molecular complexity index is 1830. The van der Waals surface area contributed by atoms with Gasteiger partial charge >= 0.3 is 0 Å². The first-order valence-electron chi connectivity index (χ1n) is 19.6. The van der Waals surface area contributed by atoms with Gasteiger partial charge in [0.15, 0.2) is 6.29 Å². The first kappa shape index (κ1) is 39.2. The van der Waals surface area contributed by atoms with Crippen LogP contribution in [0.4, 0.5) is 5.69 Å². The van der Waals surface area contributed by atoms with E-state index in [2.05, 4.69) is 32.0 Å². The van der Waals surface area contributed by atoms with Crippen molar-refractivity contribution in [1.82, 2.24) is 14.9 Å². The molecule has 11 nitrogen and oxygen atoms in total. The molecular formula is C41H55ClN4O7S. The van der Waals surface area contributed by atoms with E-state index in [-0.39, 0.29) is 28.7 Å². The lowest BCUT2D eigenvalue weighted by Crippen LogP contribution is -2.59. The molecule has 1 saturated carbocycles. The Kier molecular flexibility index (Phi) is 11.8. The number of aryl methyl sites for hydroxylation is 1. The predicted octanol–water partition coefficient (Wildman–Crippen LogP) is 4.76. The summed E-state index contributed by atoms with van der Waals surface area (Å²) in [6, 6.07) is 12.1. The molecule has 6 atom stereocenters. The number of carbonyl (C=O) groups is 2. The highest BCUT2D eigenvalue weighted by Gasteiger charge is 2.49. The summed E-state index contributed by atoms with van der Waals surface area (Å²) in [6.07, 6.45) is 9.65. The molecule has 4 aliphatic heterocycles. The number of hydrogen-bond donors (Lipinski definition) is 2. The Morgan fingerprint density at radius 3 is 2.56 bits per heavy atom. The summed E-state index contributed by atoms with van der Waals surface area (Å²) in [5.74, 6) is -0.203. The maximum Gasteiger partial charge on any atom is 0.264 e. The van der Waals surface area contributed by atoms with Crippen molar-refractivity contribution in [3.63, 3.8) is 0 Å². The Morgan fingerprint density at radius 1 is 1.07 bits per heavy atom. The van der Waals surface area contributed by atoms with Gasteiger partial charge in [-0.3, -0.25) is 14.5 Å². The van der Waals surface area contributed by atoms with Crippen LogP contribution in [0, 0.1) is 17.8 Å². The van der Waals surface area contributed by atoms with E-state index in [9.17, 15) is 18.0 Å². The standard InChI is InChI=1S/C34H41ClN2O6S.C7H14N2O/c1-22-6-4-15-34(20-38,42-3)29-11-8-26(29)18-37-19-33(14-5-7-24-16-27(35)10-12-28(24)33)21-43-31-13-9-25(17-30(31)37)32(39)36-44(40,41)23(22)2;1-3-10-4-2-9(1)7-5-8-6-7/h4,9-10,12-13,15-17,20,22-23,26,29H,5-8,11,14,18-19,21H2,1-3H3,(H,36,39);7-8H,1-6H2/b15-4+;/t22-,23+,26-,29+,33-,34-;/m0./s1. The van der Waals surface area contributed by atoms with Crippen molar-refractivity contribution in [1.29, 1.82) is 0 Å². The second kappa shape index (κ2) is 16.2. The van der Waals surface area contributed by atoms with Crippen molar-refractivity contribution in [2.45, 2.75) is 74.7 Å². The number of amides is 1. The summed E-state index contributed by atoms with van der Waals surface area (Å²) in [7, 11) is -2.41. The summed E-state index contributed by atoms with van der Waals surface area (Å²) in [5, 5.41) is 3.15. The first-order valence-corrected chi connectivity index (χ1v) is 21.5. The molecule has 13 heteroatoms. The van der Waals surface area contributed by atoms with E-state index in [1.165, 1.54) is 24.2 Å². The first-order chi connectivity index (χ1) is 26.0. The molecule has 2 N–H and O–H groups in total. The average molecular weight is 783 g/mol. The third-order valence-electron chi connectivity index (χ3n) is 13.0. The number of allylic oxidation sites excluding steroid dienone is 1. The summed E-state index contributed by atoms with van der Waals surface area (Å²) in [6.45, 7) is 11.7. The Hall–Kier alpha value is -3.00. The maximum atomic E-state index is 13.4. The molecular weight excluding hydrogens is 728 g/mol. The van der Waals surface area contributed by atoms with Crippen LogP contribution in [0.3, 0.4) is 0 Å². The Morgan fingerprint density at radius 2 is 1.87 bits per heavy atom. The van der Waals surface area contributed by atoms with Crippen LogP contribution in [0.1, 0.15) is 67.4 Å². The van der Waals surface area contributed by atoms with E-state index in [0.717, 1.165) is 76.4 Å². The second-order valence-electron chi connectivity index (χ2n) is 16.2. The monoisotopic (exact) mass is 782 g/mol. The third-order valence-corrected chi connectivity index (χ3v) is 15.2. The van der Waals surface area contributed by atoms with Crippen molar-refractivity contribution in [2.75, 3.05) is 71.1 Å². The third kappa shape index (κ3) is 7.84. The number of anilines is 1.